The Morgan fingerprint density at radius 3 is 2.37 bits per heavy atom. The maximum absolute atomic E-state index is 13.5. The topological polar surface area (TPSA) is 47.8 Å². The summed E-state index contributed by atoms with van der Waals surface area (Å²) in [6.45, 7) is 0. The predicted octanol–water partition coefficient (Wildman–Crippen LogP) is 5.02. The number of ether oxygens (including phenoxy) is 1. The molecule has 0 aliphatic heterocycles. The van der Waals surface area contributed by atoms with Crippen LogP contribution in [0, 0.1) is 0 Å². The Kier molecular flexibility index (Phi) is 4.47. The minimum absolute atomic E-state index is 0.0277. The van der Waals surface area contributed by atoms with Crippen LogP contribution in [-0.2, 0) is 9.59 Å². The van der Waals surface area contributed by atoms with Crippen molar-refractivity contribution in [3.63, 3.8) is 0 Å². The molecule has 148 valence electrons. The minimum Gasteiger partial charge on any atom is -0.497 e. The zero-order valence-corrected chi connectivity index (χ0v) is 16.6. The lowest BCUT2D eigenvalue weighted by atomic mass is 9.91. The van der Waals surface area contributed by atoms with Crippen LogP contribution in [0.1, 0.15) is 29.5 Å². The summed E-state index contributed by atoms with van der Waals surface area (Å²) >= 11 is 0. The molecule has 4 nitrogen and oxygen atoms in total. The van der Waals surface area contributed by atoms with Crippen LogP contribution in [0.5, 0.6) is 5.75 Å². The van der Waals surface area contributed by atoms with Gasteiger partial charge in [0.05, 0.1) is 13.0 Å². The van der Waals surface area contributed by atoms with Crippen LogP contribution in [0.4, 0.5) is 0 Å². The van der Waals surface area contributed by atoms with Gasteiger partial charge in [0, 0.05) is 29.4 Å². The van der Waals surface area contributed by atoms with Gasteiger partial charge >= 0.3 is 0 Å². The highest BCUT2D eigenvalue weighted by Gasteiger charge is 2.44. The van der Waals surface area contributed by atoms with E-state index in [2.05, 4.69) is 10.5 Å². The van der Waals surface area contributed by atoms with Crippen molar-refractivity contribution in [2.45, 2.75) is 18.3 Å². The van der Waals surface area contributed by atoms with Gasteiger partial charge in [-0.1, -0.05) is 48.5 Å². The highest BCUT2D eigenvalue weighted by atomic mass is 16.5. The molecule has 2 atom stereocenters. The van der Waals surface area contributed by atoms with Crippen molar-refractivity contribution in [1.82, 2.24) is 4.40 Å². The first-order valence-corrected chi connectivity index (χ1v) is 10.0. The van der Waals surface area contributed by atoms with Crippen molar-refractivity contribution < 1.29 is 14.3 Å². The van der Waals surface area contributed by atoms with Gasteiger partial charge in [-0.3, -0.25) is 9.59 Å². The highest BCUT2D eigenvalue weighted by molar-refractivity contribution is 6.17. The summed E-state index contributed by atoms with van der Waals surface area (Å²) < 4.78 is 7.26. The Hall–Kier alpha value is -3.66. The van der Waals surface area contributed by atoms with Crippen LogP contribution in [0.25, 0.3) is 16.6 Å². The normalized spacial score (nSPS) is 18.8. The first kappa shape index (κ1) is 18.4. The largest absolute Gasteiger partial charge is 0.497 e. The Morgan fingerprint density at radius 2 is 1.63 bits per heavy atom. The number of benzene rings is 2. The van der Waals surface area contributed by atoms with Gasteiger partial charge in [-0.25, -0.2) is 0 Å². The van der Waals surface area contributed by atoms with Gasteiger partial charge < -0.3 is 9.14 Å². The Bertz CT molecular complexity index is 1240. The molecular weight excluding hydrogens is 374 g/mol. The van der Waals surface area contributed by atoms with Gasteiger partial charge in [0.25, 0.3) is 0 Å². The third kappa shape index (κ3) is 2.92. The van der Waals surface area contributed by atoms with E-state index in [1.165, 1.54) is 0 Å². The number of methoxy groups -OCH3 is 1. The van der Waals surface area contributed by atoms with Crippen LogP contribution in [0.2, 0.25) is 0 Å². The summed E-state index contributed by atoms with van der Waals surface area (Å²) in [6.07, 6.45) is 2.19. The van der Waals surface area contributed by atoms with Crippen molar-refractivity contribution in [2.24, 2.45) is 0 Å². The monoisotopic (exact) mass is 395 g/mol. The molecule has 1 aliphatic rings. The number of fused-ring (bicyclic) bond motifs is 1. The van der Waals surface area contributed by atoms with E-state index in [4.69, 9.17) is 4.74 Å². The Morgan fingerprint density at radius 1 is 0.900 bits per heavy atom. The molecule has 1 fully saturated rings. The van der Waals surface area contributed by atoms with Gasteiger partial charge in [-0.2, -0.15) is 0 Å². The second-order valence-corrected chi connectivity index (χ2v) is 7.64. The van der Waals surface area contributed by atoms with Gasteiger partial charge in [0.1, 0.15) is 17.5 Å². The number of aromatic nitrogens is 1. The fourth-order valence-electron chi connectivity index (χ4n) is 4.51. The fourth-order valence-corrected chi connectivity index (χ4v) is 4.51. The second-order valence-electron chi connectivity index (χ2n) is 7.64. The van der Waals surface area contributed by atoms with Crippen molar-refractivity contribution in [2.75, 3.05) is 7.11 Å². The molecule has 0 spiro atoms. The number of pyridine rings is 1. The first-order valence-electron chi connectivity index (χ1n) is 10.0. The molecule has 0 saturated heterocycles. The molecular formula is C26H21NO3. The fraction of sp³-hybridized carbons (Fsp3) is 0.154. The van der Waals surface area contributed by atoms with Crippen LogP contribution in [-0.4, -0.2) is 23.1 Å². The molecule has 4 heteroatoms. The van der Waals surface area contributed by atoms with E-state index in [1.807, 2.05) is 66.9 Å². The maximum Gasteiger partial charge on any atom is 0.157 e. The smallest absolute Gasteiger partial charge is 0.157 e. The molecule has 2 heterocycles. The van der Waals surface area contributed by atoms with Gasteiger partial charge in [-0.05, 0) is 41.5 Å². The number of carbonyl (C=O) groups is 2. The molecule has 0 radical (unpaired) electrons. The van der Waals surface area contributed by atoms with Crippen molar-refractivity contribution >= 4 is 17.1 Å². The number of rotatable bonds is 4. The molecule has 1 saturated carbocycles. The van der Waals surface area contributed by atoms with Gasteiger partial charge in [-0.15, -0.1) is 0 Å². The van der Waals surface area contributed by atoms with Gasteiger partial charge in [0.2, 0.25) is 0 Å². The third-order valence-corrected chi connectivity index (χ3v) is 5.94. The van der Waals surface area contributed by atoms with Gasteiger partial charge in [0.15, 0.2) is 5.78 Å². The lowest BCUT2D eigenvalue weighted by Crippen LogP contribution is -2.15. The molecule has 0 unspecified atom stereocenters. The molecule has 0 bridgehead atoms. The van der Waals surface area contributed by atoms with Crippen LogP contribution >= 0.6 is 0 Å². The number of carbonyl (C=O) groups excluding carboxylic acids is 2. The average Bonchev–Trinajstić information content (AvgIpc) is 3.31. The van der Waals surface area contributed by atoms with Crippen molar-refractivity contribution in [3.05, 3.63) is 96.3 Å². The number of ketones is 2. The molecule has 0 amide bonds. The SMILES string of the molecule is COc1ccc([C@@H]2C(=O)C[C@@H](c3c(-c4ccccc4)cc4ccccn34)C2=O)cc1. The highest BCUT2D eigenvalue weighted by Crippen LogP contribution is 2.43. The molecule has 30 heavy (non-hydrogen) atoms. The molecule has 2 aromatic heterocycles. The number of Topliss-reactive ketones (excluding diaryl/α,β-unsaturated/α-hetero) is 2. The first-order chi connectivity index (χ1) is 14.7. The van der Waals surface area contributed by atoms with E-state index < -0.39 is 11.8 Å². The van der Waals surface area contributed by atoms with Crippen LogP contribution in [0.15, 0.2) is 85.1 Å². The van der Waals surface area contributed by atoms with E-state index in [1.54, 1.807) is 19.2 Å². The van der Waals surface area contributed by atoms with E-state index in [0.717, 1.165) is 27.9 Å². The second kappa shape index (κ2) is 7.30. The van der Waals surface area contributed by atoms with E-state index in [9.17, 15) is 9.59 Å². The number of nitrogens with zero attached hydrogens (tertiary/aromatic N) is 1. The van der Waals surface area contributed by atoms with E-state index in [-0.39, 0.29) is 18.0 Å². The zero-order chi connectivity index (χ0) is 20.7. The lowest BCUT2D eigenvalue weighted by Gasteiger charge is -2.14. The molecule has 4 aromatic rings. The third-order valence-electron chi connectivity index (χ3n) is 5.94. The lowest BCUT2D eigenvalue weighted by molar-refractivity contribution is -0.124. The summed E-state index contributed by atoms with van der Waals surface area (Å²) in [7, 11) is 1.60. The summed E-state index contributed by atoms with van der Waals surface area (Å²) in [5.74, 6) is -0.549. The summed E-state index contributed by atoms with van der Waals surface area (Å²) in [4.78, 5) is 26.5. The number of hydrogen-bond donors (Lipinski definition) is 0. The molecule has 5 rings (SSSR count). The van der Waals surface area contributed by atoms with Crippen LogP contribution in [0.3, 0.4) is 0 Å². The molecule has 2 aromatic carbocycles. The summed E-state index contributed by atoms with van der Waals surface area (Å²) in [5.41, 5.74) is 4.69. The zero-order valence-electron chi connectivity index (χ0n) is 16.6. The van der Waals surface area contributed by atoms with E-state index in [0.29, 0.717) is 5.75 Å². The molecule has 1 aliphatic carbocycles. The predicted molar refractivity (Wildman–Crippen MR) is 116 cm³/mol. The Labute approximate surface area is 174 Å². The molecule has 0 N–H and O–H groups in total. The van der Waals surface area contributed by atoms with Crippen molar-refractivity contribution in [1.29, 1.82) is 0 Å². The average molecular weight is 395 g/mol. The standard InChI is InChI=1S/C26H21NO3/c1-30-20-12-10-18(11-13-20)24-23(28)16-22(26(24)29)25-21(17-7-3-2-4-8-17)15-19-9-5-6-14-27(19)25/h2-15,22,24H,16H2,1H3/t22-,24+/m0/s1. The maximum atomic E-state index is 13.5. The van der Waals surface area contributed by atoms with Crippen LogP contribution < -0.4 is 4.74 Å². The number of hydrogen-bond acceptors (Lipinski definition) is 3. The summed E-state index contributed by atoms with van der Waals surface area (Å²) in [6, 6.07) is 25.3. The quantitative estimate of drug-likeness (QED) is 0.456. The Balaban J connectivity index is 1.62. The van der Waals surface area contributed by atoms with E-state index >= 15 is 0 Å². The van der Waals surface area contributed by atoms with Crippen molar-refractivity contribution in [3.8, 4) is 16.9 Å². The minimum atomic E-state index is -0.723. The summed E-state index contributed by atoms with van der Waals surface area (Å²) in [5, 5.41) is 0.